The van der Waals surface area contributed by atoms with Gasteiger partial charge in [-0.3, -0.25) is 4.79 Å². The zero-order chi connectivity index (χ0) is 15.0. The summed E-state index contributed by atoms with van der Waals surface area (Å²) < 4.78 is 0. The topological polar surface area (TPSA) is 23.6 Å². The molecule has 0 radical (unpaired) electrons. The molecule has 0 aromatic heterocycles. The SMILES string of the molecule is CC(C)(C)c1ccccc1N1CCN(C(=O)C2CC2)CC1. The fraction of sp³-hybridized carbons (Fsp3) is 0.611. The van der Waals surface area contributed by atoms with Gasteiger partial charge in [0.2, 0.25) is 5.91 Å². The van der Waals surface area contributed by atoms with Crippen LogP contribution in [0.15, 0.2) is 24.3 Å². The third-order valence-corrected chi connectivity index (χ3v) is 4.57. The van der Waals surface area contributed by atoms with E-state index < -0.39 is 0 Å². The van der Waals surface area contributed by atoms with E-state index >= 15 is 0 Å². The zero-order valence-corrected chi connectivity index (χ0v) is 13.4. The highest BCUT2D eigenvalue weighted by Crippen LogP contribution is 2.34. The average molecular weight is 286 g/mol. The van der Waals surface area contributed by atoms with Gasteiger partial charge in [0.25, 0.3) is 0 Å². The Morgan fingerprint density at radius 2 is 1.67 bits per heavy atom. The summed E-state index contributed by atoms with van der Waals surface area (Å²) >= 11 is 0. The van der Waals surface area contributed by atoms with Gasteiger partial charge in [-0.05, 0) is 29.9 Å². The Morgan fingerprint density at radius 3 is 2.24 bits per heavy atom. The number of benzene rings is 1. The van der Waals surface area contributed by atoms with E-state index in [1.54, 1.807) is 0 Å². The van der Waals surface area contributed by atoms with Crippen LogP contribution in [0.25, 0.3) is 0 Å². The number of anilines is 1. The molecule has 0 atom stereocenters. The van der Waals surface area contributed by atoms with Crippen LogP contribution in [-0.2, 0) is 10.2 Å². The number of piperazine rings is 1. The van der Waals surface area contributed by atoms with Gasteiger partial charge in [-0.15, -0.1) is 0 Å². The lowest BCUT2D eigenvalue weighted by Crippen LogP contribution is -2.49. The lowest BCUT2D eigenvalue weighted by Gasteiger charge is -2.38. The van der Waals surface area contributed by atoms with Crippen molar-refractivity contribution < 1.29 is 4.79 Å². The molecular formula is C18H26N2O. The predicted molar refractivity (Wildman–Crippen MR) is 86.7 cm³/mol. The second kappa shape index (κ2) is 5.36. The Kier molecular flexibility index (Phi) is 3.68. The van der Waals surface area contributed by atoms with Gasteiger partial charge >= 0.3 is 0 Å². The van der Waals surface area contributed by atoms with E-state index in [1.807, 2.05) is 0 Å². The van der Waals surface area contributed by atoms with Crippen molar-refractivity contribution in [1.82, 2.24) is 4.90 Å². The van der Waals surface area contributed by atoms with Crippen molar-refractivity contribution in [2.24, 2.45) is 5.92 Å². The largest absolute Gasteiger partial charge is 0.368 e. The van der Waals surface area contributed by atoms with E-state index in [2.05, 4.69) is 54.8 Å². The van der Waals surface area contributed by atoms with Crippen LogP contribution in [0.2, 0.25) is 0 Å². The number of amides is 1. The Balaban J connectivity index is 1.71. The summed E-state index contributed by atoms with van der Waals surface area (Å²) in [6, 6.07) is 8.69. The summed E-state index contributed by atoms with van der Waals surface area (Å²) in [6.45, 7) is 10.4. The lowest BCUT2D eigenvalue weighted by atomic mass is 9.85. The zero-order valence-electron chi connectivity index (χ0n) is 13.4. The van der Waals surface area contributed by atoms with Crippen LogP contribution in [0.3, 0.4) is 0 Å². The molecule has 1 aliphatic carbocycles. The molecule has 114 valence electrons. The van der Waals surface area contributed by atoms with Gasteiger partial charge in [0.05, 0.1) is 0 Å². The van der Waals surface area contributed by atoms with E-state index in [-0.39, 0.29) is 5.41 Å². The molecule has 21 heavy (non-hydrogen) atoms. The van der Waals surface area contributed by atoms with Crippen LogP contribution in [-0.4, -0.2) is 37.0 Å². The monoisotopic (exact) mass is 286 g/mol. The minimum atomic E-state index is 0.150. The lowest BCUT2D eigenvalue weighted by molar-refractivity contribution is -0.132. The maximum atomic E-state index is 12.1. The molecule has 1 aromatic rings. The number of hydrogen-bond acceptors (Lipinski definition) is 2. The highest BCUT2D eigenvalue weighted by Gasteiger charge is 2.35. The van der Waals surface area contributed by atoms with Crippen molar-refractivity contribution in [3.63, 3.8) is 0 Å². The van der Waals surface area contributed by atoms with E-state index in [4.69, 9.17) is 0 Å². The van der Waals surface area contributed by atoms with Gasteiger partial charge in [-0.25, -0.2) is 0 Å². The van der Waals surface area contributed by atoms with E-state index in [1.165, 1.54) is 11.3 Å². The highest BCUT2D eigenvalue weighted by molar-refractivity contribution is 5.81. The number of rotatable bonds is 2. The quantitative estimate of drug-likeness (QED) is 0.834. The molecule has 0 spiro atoms. The molecule has 0 N–H and O–H groups in total. The predicted octanol–water partition coefficient (Wildman–Crippen LogP) is 3.04. The first-order valence-electron chi connectivity index (χ1n) is 8.10. The van der Waals surface area contributed by atoms with Crippen molar-refractivity contribution in [1.29, 1.82) is 0 Å². The Morgan fingerprint density at radius 1 is 1.05 bits per heavy atom. The molecule has 1 aliphatic heterocycles. The molecule has 3 nitrogen and oxygen atoms in total. The van der Waals surface area contributed by atoms with Crippen LogP contribution in [0.1, 0.15) is 39.2 Å². The van der Waals surface area contributed by atoms with Gasteiger partial charge < -0.3 is 9.80 Å². The maximum Gasteiger partial charge on any atom is 0.225 e. The van der Waals surface area contributed by atoms with Gasteiger partial charge in [-0.1, -0.05) is 39.0 Å². The standard InChI is InChI=1S/C18H26N2O/c1-18(2,3)15-6-4-5-7-16(15)19-10-12-20(13-11-19)17(21)14-8-9-14/h4-7,14H,8-13H2,1-3H3. The first kappa shape index (κ1) is 14.4. The van der Waals surface area contributed by atoms with Gasteiger partial charge in [-0.2, -0.15) is 0 Å². The first-order chi connectivity index (χ1) is 9.97. The minimum Gasteiger partial charge on any atom is -0.368 e. The second-order valence-electron chi connectivity index (χ2n) is 7.35. The smallest absolute Gasteiger partial charge is 0.225 e. The van der Waals surface area contributed by atoms with E-state index in [0.717, 1.165) is 39.0 Å². The van der Waals surface area contributed by atoms with Crippen LogP contribution in [0, 0.1) is 5.92 Å². The minimum absolute atomic E-state index is 0.150. The fourth-order valence-corrected chi connectivity index (χ4v) is 3.14. The molecule has 2 aliphatic rings. The Bertz CT molecular complexity index is 520. The molecule has 0 unspecified atom stereocenters. The van der Waals surface area contributed by atoms with Crippen LogP contribution >= 0.6 is 0 Å². The molecule has 1 amide bonds. The fourth-order valence-electron chi connectivity index (χ4n) is 3.14. The summed E-state index contributed by atoms with van der Waals surface area (Å²) in [7, 11) is 0. The summed E-state index contributed by atoms with van der Waals surface area (Å²) in [5.41, 5.74) is 2.88. The summed E-state index contributed by atoms with van der Waals surface area (Å²) in [5.74, 6) is 0.733. The van der Waals surface area contributed by atoms with Crippen molar-refractivity contribution in [2.45, 2.75) is 39.0 Å². The third kappa shape index (κ3) is 3.07. The van der Waals surface area contributed by atoms with Crippen molar-refractivity contribution in [3.8, 4) is 0 Å². The molecule has 1 heterocycles. The number of carbonyl (C=O) groups excluding carboxylic acids is 1. The summed E-state index contributed by atoms with van der Waals surface area (Å²) in [6.07, 6.45) is 2.21. The third-order valence-electron chi connectivity index (χ3n) is 4.57. The van der Waals surface area contributed by atoms with Crippen LogP contribution in [0.4, 0.5) is 5.69 Å². The highest BCUT2D eigenvalue weighted by atomic mass is 16.2. The van der Waals surface area contributed by atoms with Gasteiger partial charge in [0.1, 0.15) is 0 Å². The summed E-state index contributed by atoms with van der Waals surface area (Å²) in [5, 5.41) is 0. The van der Waals surface area contributed by atoms with Crippen LogP contribution in [0.5, 0.6) is 0 Å². The van der Waals surface area contributed by atoms with Crippen molar-refractivity contribution >= 4 is 11.6 Å². The normalized spacial score (nSPS) is 19.8. The van der Waals surface area contributed by atoms with Crippen molar-refractivity contribution in [3.05, 3.63) is 29.8 Å². The molecule has 0 bridgehead atoms. The Hall–Kier alpha value is -1.51. The van der Waals surface area contributed by atoms with Crippen molar-refractivity contribution in [2.75, 3.05) is 31.1 Å². The van der Waals surface area contributed by atoms with Gasteiger partial charge in [0.15, 0.2) is 0 Å². The average Bonchev–Trinajstić information content (AvgIpc) is 3.30. The van der Waals surface area contributed by atoms with Crippen LogP contribution < -0.4 is 4.90 Å². The second-order valence-corrected chi connectivity index (χ2v) is 7.35. The summed E-state index contributed by atoms with van der Waals surface area (Å²) in [4.78, 5) is 16.6. The molecule has 3 heteroatoms. The van der Waals surface area contributed by atoms with E-state index in [0.29, 0.717) is 11.8 Å². The Labute approximate surface area is 127 Å². The number of para-hydroxylation sites is 1. The molecule has 2 fully saturated rings. The first-order valence-corrected chi connectivity index (χ1v) is 8.10. The molecular weight excluding hydrogens is 260 g/mol. The molecule has 1 aromatic carbocycles. The molecule has 1 saturated heterocycles. The molecule has 3 rings (SSSR count). The number of carbonyl (C=O) groups is 1. The molecule has 1 saturated carbocycles. The maximum absolute atomic E-state index is 12.1. The number of hydrogen-bond donors (Lipinski definition) is 0. The number of nitrogens with zero attached hydrogens (tertiary/aromatic N) is 2. The van der Waals surface area contributed by atoms with Gasteiger partial charge in [0, 0.05) is 37.8 Å². The van der Waals surface area contributed by atoms with E-state index in [9.17, 15) is 4.79 Å².